The number of hydrogen-bond donors (Lipinski definition) is 0. The first-order chi connectivity index (χ1) is 27.7. The second-order valence-electron chi connectivity index (χ2n) is 12.7. The average Bonchev–Trinajstić information content (AvgIpc) is 3.77. The summed E-state index contributed by atoms with van der Waals surface area (Å²) in [4.78, 5) is 26.3. The SMILES string of the molecule is [C-]#[N+]/C(C#N)=c1/c2c(-c3cnccn3)n(B(c3ccccc3)c3ccccc3)/c(=C(\C#N)[N+]#[C-])c2c(-c2cnccn2)n1B(c1ccccc1)c1ccccc1. The predicted octanol–water partition coefficient (Wildman–Crippen LogP) is 3.77. The minimum absolute atomic E-state index is 0.201. The van der Waals surface area contributed by atoms with Crippen LogP contribution >= 0.6 is 0 Å². The van der Waals surface area contributed by atoms with Crippen molar-refractivity contribution in [3.8, 4) is 34.9 Å². The summed E-state index contributed by atoms with van der Waals surface area (Å²) in [5.74, 6) is 0. The Morgan fingerprint density at radius 3 is 1.07 bits per heavy atom. The number of aromatic nitrogens is 6. The number of nitrogens with zero attached hydrogens (tertiary/aromatic N) is 10. The lowest BCUT2D eigenvalue weighted by Gasteiger charge is -2.23. The number of benzene rings is 4. The van der Waals surface area contributed by atoms with Gasteiger partial charge in [-0.05, 0) is 0 Å². The third-order valence-electron chi connectivity index (χ3n) is 9.63. The van der Waals surface area contributed by atoms with Crippen LogP contribution in [0.4, 0.5) is 0 Å². The van der Waals surface area contributed by atoms with E-state index in [2.05, 4.69) is 31.8 Å². The fraction of sp³-hybridized carbons (Fsp3) is 0. The first kappa shape index (κ1) is 34.8. The van der Waals surface area contributed by atoms with Crippen molar-refractivity contribution in [2.45, 2.75) is 0 Å². The van der Waals surface area contributed by atoms with Crippen LogP contribution in [0.1, 0.15) is 0 Å². The van der Waals surface area contributed by atoms with Gasteiger partial charge in [0.1, 0.15) is 11.4 Å². The van der Waals surface area contributed by atoms with Crippen LogP contribution in [0, 0.1) is 35.8 Å². The zero-order valence-corrected chi connectivity index (χ0v) is 29.6. The molecule has 56 heavy (non-hydrogen) atoms. The lowest BCUT2D eigenvalue weighted by Crippen LogP contribution is -2.54. The molecule has 8 rings (SSSR count). The fourth-order valence-electron chi connectivity index (χ4n) is 7.51. The Morgan fingerprint density at radius 2 is 0.821 bits per heavy atom. The van der Waals surface area contributed by atoms with Crippen LogP contribution in [0.25, 0.3) is 54.6 Å². The van der Waals surface area contributed by atoms with Crippen molar-refractivity contribution in [2.75, 3.05) is 0 Å². The highest BCUT2D eigenvalue weighted by Gasteiger charge is 2.37. The fourth-order valence-corrected chi connectivity index (χ4v) is 7.51. The van der Waals surface area contributed by atoms with E-state index in [1.54, 1.807) is 37.2 Å². The predicted molar refractivity (Wildman–Crippen MR) is 219 cm³/mol. The second kappa shape index (κ2) is 15.3. The Labute approximate surface area is 323 Å². The first-order valence-electron chi connectivity index (χ1n) is 17.5. The summed E-state index contributed by atoms with van der Waals surface area (Å²) < 4.78 is 3.89. The molecular formula is C44H26B2N10. The van der Waals surface area contributed by atoms with E-state index in [4.69, 9.17) is 23.1 Å². The zero-order chi connectivity index (χ0) is 38.4. The largest absolute Gasteiger partial charge is 0.382 e. The minimum Gasteiger partial charge on any atom is -0.382 e. The number of fused-ring (bicyclic) bond motifs is 1. The van der Waals surface area contributed by atoms with E-state index in [1.165, 1.54) is 0 Å². The minimum atomic E-state index is -0.615. The Kier molecular flexibility index (Phi) is 9.53. The molecule has 0 unspecified atom stereocenters. The number of rotatable bonds is 8. The quantitative estimate of drug-likeness (QED) is 0.175. The molecule has 0 N–H and O–H groups in total. The van der Waals surface area contributed by atoms with Gasteiger partial charge in [0.2, 0.25) is 0 Å². The molecule has 8 aromatic rings. The molecule has 0 bridgehead atoms. The maximum Gasteiger partial charge on any atom is 0.327 e. The van der Waals surface area contributed by atoms with Gasteiger partial charge in [-0.3, -0.25) is 19.9 Å². The number of hydrogen-bond acceptors (Lipinski definition) is 6. The summed E-state index contributed by atoms with van der Waals surface area (Å²) in [5.41, 5.74) is 4.79. The van der Waals surface area contributed by atoms with Crippen molar-refractivity contribution in [1.29, 1.82) is 10.5 Å². The van der Waals surface area contributed by atoms with E-state index in [-0.39, 0.29) is 22.1 Å². The van der Waals surface area contributed by atoms with E-state index in [0.717, 1.165) is 21.9 Å². The summed E-state index contributed by atoms with van der Waals surface area (Å²) in [6, 6.07) is 43.6. The van der Waals surface area contributed by atoms with Crippen LogP contribution in [-0.4, -0.2) is 42.6 Å². The van der Waals surface area contributed by atoms with Crippen LogP contribution in [-0.2, 0) is 0 Å². The van der Waals surface area contributed by atoms with Crippen LogP contribution in [0.3, 0.4) is 0 Å². The topological polar surface area (TPSA) is 118 Å². The van der Waals surface area contributed by atoms with E-state index in [1.807, 2.05) is 130 Å². The van der Waals surface area contributed by atoms with Gasteiger partial charge < -0.3 is 8.96 Å². The summed E-state index contributed by atoms with van der Waals surface area (Å²) in [7, 11) is 0. The summed E-state index contributed by atoms with van der Waals surface area (Å²) in [6.45, 7) is 15.7. The zero-order valence-electron chi connectivity index (χ0n) is 29.6. The molecule has 258 valence electrons. The maximum atomic E-state index is 10.9. The lowest BCUT2D eigenvalue weighted by atomic mass is 9.50. The molecule has 0 amide bonds. The Bertz CT molecular complexity index is 2680. The van der Waals surface area contributed by atoms with Gasteiger partial charge >= 0.3 is 13.7 Å². The first-order valence-corrected chi connectivity index (χ1v) is 17.5. The normalized spacial score (nSPS) is 11.7. The van der Waals surface area contributed by atoms with Crippen molar-refractivity contribution in [3.63, 3.8) is 0 Å². The van der Waals surface area contributed by atoms with Gasteiger partial charge in [0.15, 0.2) is 0 Å². The molecule has 0 aliphatic carbocycles. The number of nitriles is 2. The molecular weight excluding hydrogens is 690 g/mol. The smallest absolute Gasteiger partial charge is 0.327 e. The van der Waals surface area contributed by atoms with Crippen molar-refractivity contribution < 1.29 is 0 Å². The highest BCUT2D eigenvalue weighted by Crippen LogP contribution is 2.33. The second-order valence-corrected chi connectivity index (χ2v) is 12.7. The van der Waals surface area contributed by atoms with Crippen LogP contribution in [0.2, 0.25) is 0 Å². The van der Waals surface area contributed by atoms with Gasteiger partial charge in [0.05, 0.1) is 59.8 Å². The van der Waals surface area contributed by atoms with Gasteiger partial charge in [-0.1, -0.05) is 143 Å². The molecule has 0 saturated carbocycles. The molecule has 0 aliphatic rings. The van der Waals surface area contributed by atoms with Gasteiger partial charge in [-0.2, -0.15) is 0 Å². The van der Waals surface area contributed by atoms with Crippen molar-refractivity contribution in [2.24, 2.45) is 0 Å². The third kappa shape index (κ3) is 5.96. The van der Waals surface area contributed by atoms with E-state index >= 15 is 0 Å². The summed E-state index contributed by atoms with van der Waals surface area (Å²) in [5, 5.41) is 23.2. The summed E-state index contributed by atoms with van der Waals surface area (Å²) in [6.07, 6.45) is 9.51. The van der Waals surface area contributed by atoms with Gasteiger partial charge in [-0.15, -0.1) is 0 Å². The molecule has 0 saturated heterocycles. The Balaban J connectivity index is 1.76. The standard InChI is InChI=1S/C44H26B2N10/c1-49-35(27-47)41-39-40(44(38-30-52-24-26-54-38)55(41)45(31-15-7-3-8-16-31)32-17-9-4-10-18-32)42(36(28-48)50-2)56(43(39)37-29-51-23-25-53-37)46(33-19-11-5-12-20-33)34-21-13-6-14-22-34/h3-26,29-30H/b41-35-,42-36+. The molecule has 0 fully saturated rings. The molecule has 10 nitrogen and oxygen atoms in total. The van der Waals surface area contributed by atoms with E-state index < -0.39 is 13.7 Å². The van der Waals surface area contributed by atoms with Gasteiger partial charge in [-0.25, -0.2) is 20.2 Å². The molecule has 12 heteroatoms. The average molecular weight is 716 g/mol. The molecule has 4 aromatic heterocycles. The molecule has 4 aromatic carbocycles. The maximum absolute atomic E-state index is 10.9. The molecule has 4 heterocycles. The van der Waals surface area contributed by atoms with Crippen LogP contribution in [0.5, 0.6) is 0 Å². The van der Waals surface area contributed by atoms with E-state index in [9.17, 15) is 10.5 Å². The molecule has 0 radical (unpaired) electrons. The van der Waals surface area contributed by atoms with Gasteiger partial charge in [0.25, 0.3) is 11.4 Å². The van der Waals surface area contributed by atoms with Crippen molar-refractivity contribution >= 4 is 57.7 Å². The molecule has 0 atom stereocenters. The highest BCUT2D eigenvalue weighted by molar-refractivity contribution is 6.85. The Hall–Kier alpha value is -8.31. The third-order valence-corrected chi connectivity index (χ3v) is 9.63. The van der Waals surface area contributed by atoms with Crippen LogP contribution < -0.4 is 32.5 Å². The summed E-state index contributed by atoms with van der Waals surface area (Å²) >= 11 is 0. The van der Waals surface area contributed by atoms with Crippen LogP contribution in [0.15, 0.2) is 159 Å². The van der Waals surface area contributed by atoms with Crippen molar-refractivity contribution in [1.82, 2.24) is 28.9 Å². The lowest BCUT2D eigenvalue weighted by molar-refractivity contribution is 1.10. The van der Waals surface area contributed by atoms with Gasteiger partial charge in [0, 0.05) is 35.6 Å². The highest BCUT2D eigenvalue weighted by atomic mass is 15.0. The Morgan fingerprint density at radius 1 is 0.500 bits per heavy atom. The molecule has 0 spiro atoms. The van der Waals surface area contributed by atoms with E-state index in [0.29, 0.717) is 33.5 Å². The van der Waals surface area contributed by atoms with Crippen molar-refractivity contribution in [3.05, 3.63) is 192 Å². The monoisotopic (exact) mass is 716 g/mol. The molecule has 0 aliphatic heterocycles.